The Morgan fingerprint density at radius 1 is 1.14 bits per heavy atom. The smallest absolute Gasteiger partial charge is 0.236 e. The summed E-state index contributed by atoms with van der Waals surface area (Å²) >= 11 is 2.77. The van der Waals surface area contributed by atoms with Crippen LogP contribution in [0.25, 0.3) is 11.3 Å². The maximum Gasteiger partial charge on any atom is 0.236 e. The van der Waals surface area contributed by atoms with Crippen LogP contribution in [-0.2, 0) is 11.2 Å². The van der Waals surface area contributed by atoms with E-state index in [1.54, 1.807) is 0 Å². The van der Waals surface area contributed by atoms with Crippen molar-refractivity contribution in [1.29, 1.82) is 0 Å². The number of nitrogens with one attached hydrogen (secondary N) is 1. The van der Waals surface area contributed by atoms with Crippen LogP contribution in [0.5, 0.6) is 0 Å². The highest BCUT2D eigenvalue weighted by molar-refractivity contribution is 7.99. The molecule has 1 N–H and O–H groups in total. The molecule has 0 aliphatic rings. The van der Waals surface area contributed by atoms with Crippen LogP contribution in [0.15, 0.2) is 65.4 Å². The second-order valence-corrected chi connectivity index (χ2v) is 8.07. The summed E-state index contributed by atoms with van der Waals surface area (Å²) in [6, 6.07) is 13.8. The van der Waals surface area contributed by atoms with E-state index in [1.807, 2.05) is 69.6 Å². The van der Waals surface area contributed by atoms with Crippen molar-refractivity contribution in [2.45, 2.75) is 24.9 Å². The van der Waals surface area contributed by atoms with Crippen molar-refractivity contribution in [2.75, 3.05) is 11.1 Å². The van der Waals surface area contributed by atoms with E-state index in [-0.39, 0.29) is 11.7 Å². The molecule has 0 atom stereocenters. The summed E-state index contributed by atoms with van der Waals surface area (Å²) in [6.07, 6.45) is 5.67. The van der Waals surface area contributed by atoms with Gasteiger partial charge in [0.2, 0.25) is 11.1 Å². The number of benzene rings is 1. The van der Waals surface area contributed by atoms with Crippen molar-refractivity contribution in [3.05, 3.63) is 66.1 Å². The molecular weight excluding hydrogens is 404 g/mol. The SMILES string of the molecule is CCCc1nnc(SCC(=O)Nc2nc(-c3ccccc3)cs2)n1-n1cccc1. The predicted molar refractivity (Wildman–Crippen MR) is 116 cm³/mol. The molecule has 0 spiro atoms. The molecule has 1 aromatic carbocycles. The van der Waals surface area contributed by atoms with Crippen LogP contribution in [0, 0.1) is 0 Å². The van der Waals surface area contributed by atoms with Gasteiger partial charge < -0.3 is 5.32 Å². The third-order valence-electron chi connectivity index (χ3n) is 4.12. The lowest BCUT2D eigenvalue weighted by Gasteiger charge is -2.10. The van der Waals surface area contributed by atoms with E-state index >= 15 is 0 Å². The van der Waals surface area contributed by atoms with E-state index < -0.39 is 0 Å². The van der Waals surface area contributed by atoms with Gasteiger partial charge >= 0.3 is 0 Å². The first-order valence-electron chi connectivity index (χ1n) is 9.26. The van der Waals surface area contributed by atoms with Gasteiger partial charge in [-0.3, -0.25) is 9.47 Å². The first-order chi connectivity index (χ1) is 14.2. The van der Waals surface area contributed by atoms with Gasteiger partial charge in [0.15, 0.2) is 11.0 Å². The molecule has 7 nitrogen and oxygen atoms in total. The molecule has 0 fully saturated rings. The van der Waals surface area contributed by atoms with E-state index in [9.17, 15) is 4.79 Å². The summed E-state index contributed by atoms with van der Waals surface area (Å²) in [4.78, 5) is 16.9. The summed E-state index contributed by atoms with van der Waals surface area (Å²) in [5.74, 6) is 0.980. The largest absolute Gasteiger partial charge is 0.301 e. The molecule has 0 aliphatic carbocycles. The van der Waals surface area contributed by atoms with E-state index in [0.717, 1.165) is 29.9 Å². The van der Waals surface area contributed by atoms with Crippen molar-refractivity contribution >= 4 is 34.1 Å². The minimum absolute atomic E-state index is 0.122. The number of hydrogen-bond donors (Lipinski definition) is 1. The minimum Gasteiger partial charge on any atom is -0.301 e. The van der Waals surface area contributed by atoms with Crippen LogP contribution >= 0.6 is 23.1 Å². The van der Waals surface area contributed by atoms with Crippen LogP contribution in [0.2, 0.25) is 0 Å². The van der Waals surface area contributed by atoms with Crippen LogP contribution in [0.3, 0.4) is 0 Å². The van der Waals surface area contributed by atoms with Gasteiger partial charge in [-0.05, 0) is 18.6 Å². The standard InChI is InChI=1S/C20H20N6OS2/c1-2-8-17-23-24-20(26(17)25-11-6-7-12-25)29-14-18(27)22-19-21-16(13-28-19)15-9-4-3-5-10-15/h3-7,9-13H,2,8,14H2,1H3,(H,21,22,27). The van der Waals surface area contributed by atoms with Crippen molar-refractivity contribution in [3.8, 4) is 11.3 Å². The molecule has 29 heavy (non-hydrogen) atoms. The normalized spacial score (nSPS) is 10.9. The summed E-state index contributed by atoms with van der Waals surface area (Å²) in [7, 11) is 0. The summed E-state index contributed by atoms with van der Waals surface area (Å²) in [6.45, 7) is 2.10. The van der Waals surface area contributed by atoms with Gasteiger partial charge in [-0.1, -0.05) is 49.0 Å². The lowest BCUT2D eigenvalue weighted by molar-refractivity contribution is -0.113. The molecule has 0 radical (unpaired) electrons. The maximum absolute atomic E-state index is 12.4. The number of nitrogens with zero attached hydrogens (tertiary/aromatic N) is 5. The zero-order valence-corrected chi connectivity index (χ0v) is 17.5. The first-order valence-corrected chi connectivity index (χ1v) is 11.1. The second kappa shape index (κ2) is 9.06. The summed E-state index contributed by atoms with van der Waals surface area (Å²) in [5.41, 5.74) is 1.89. The maximum atomic E-state index is 12.4. The quantitative estimate of drug-likeness (QED) is 0.429. The van der Waals surface area contributed by atoms with Gasteiger partial charge in [-0.2, -0.15) is 0 Å². The van der Waals surface area contributed by atoms with Gasteiger partial charge in [0.05, 0.1) is 11.4 Å². The number of anilines is 1. The van der Waals surface area contributed by atoms with Crippen LogP contribution in [0.4, 0.5) is 5.13 Å². The predicted octanol–water partition coefficient (Wildman–Crippen LogP) is 4.20. The third kappa shape index (κ3) is 4.57. The number of thiazole rings is 1. The van der Waals surface area contributed by atoms with Gasteiger partial charge in [0.1, 0.15) is 0 Å². The number of aryl methyl sites for hydroxylation is 1. The van der Waals surface area contributed by atoms with Crippen molar-refractivity contribution < 1.29 is 4.79 Å². The number of carbonyl (C=O) groups excluding carboxylic acids is 1. The highest BCUT2D eigenvalue weighted by atomic mass is 32.2. The zero-order valence-electron chi connectivity index (χ0n) is 15.9. The summed E-state index contributed by atoms with van der Waals surface area (Å²) in [5, 5.41) is 14.7. The fourth-order valence-corrected chi connectivity index (χ4v) is 4.30. The summed E-state index contributed by atoms with van der Waals surface area (Å²) < 4.78 is 3.87. The van der Waals surface area contributed by atoms with E-state index in [2.05, 4.69) is 27.4 Å². The average molecular weight is 425 g/mol. The Labute approximate surface area is 176 Å². The Hall–Kier alpha value is -2.91. The Morgan fingerprint density at radius 3 is 2.69 bits per heavy atom. The van der Waals surface area contributed by atoms with E-state index in [0.29, 0.717) is 10.3 Å². The molecule has 0 saturated heterocycles. The number of hydrogen-bond acceptors (Lipinski definition) is 6. The number of thioether (sulfide) groups is 1. The zero-order chi connectivity index (χ0) is 20.1. The lowest BCUT2D eigenvalue weighted by Crippen LogP contribution is -2.16. The average Bonchev–Trinajstić information content (AvgIpc) is 3.48. The molecule has 9 heteroatoms. The third-order valence-corrected chi connectivity index (χ3v) is 5.80. The molecule has 0 aliphatic heterocycles. The molecule has 0 saturated carbocycles. The second-order valence-electron chi connectivity index (χ2n) is 6.26. The van der Waals surface area contributed by atoms with Crippen LogP contribution in [-0.4, -0.2) is 36.2 Å². The Kier molecular flexibility index (Phi) is 6.06. The highest BCUT2D eigenvalue weighted by Gasteiger charge is 2.15. The molecule has 0 unspecified atom stereocenters. The Balaban J connectivity index is 1.41. The highest BCUT2D eigenvalue weighted by Crippen LogP contribution is 2.25. The number of amides is 1. The fraction of sp³-hybridized carbons (Fsp3) is 0.200. The Bertz CT molecular complexity index is 1070. The molecule has 4 rings (SSSR count). The first kappa shape index (κ1) is 19.4. The molecule has 0 bridgehead atoms. The molecule has 3 aromatic heterocycles. The van der Waals surface area contributed by atoms with Gasteiger partial charge in [-0.25, -0.2) is 9.66 Å². The van der Waals surface area contributed by atoms with Crippen LogP contribution < -0.4 is 5.32 Å². The number of aromatic nitrogens is 5. The topological polar surface area (TPSA) is 77.6 Å². The van der Waals surface area contributed by atoms with Gasteiger partial charge in [0, 0.05) is 29.8 Å². The lowest BCUT2D eigenvalue weighted by atomic mass is 10.2. The molecule has 148 valence electrons. The minimum atomic E-state index is -0.122. The van der Waals surface area contributed by atoms with E-state index in [4.69, 9.17) is 0 Å². The van der Waals surface area contributed by atoms with Crippen molar-refractivity contribution in [3.63, 3.8) is 0 Å². The molecule has 1 amide bonds. The fourth-order valence-electron chi connectivity index (χ4n) is 2.81. The monoisotopic (exact) mass is 424 g/mol. The van der Waals surface area contributed by atoms with Gasteiger partial charge in [0.25, 0.3) is 0 Å². The van der Waals surface area contributed by atoms with Crippen LogP contribution in [0.1, 0.15) is 19.2 Å². The van der Waals surface area contributed by atoms with Crippen molar-refractivity contribution in [2.24, 2.45) is 0 Å². The Morgan fingerprint density at radius 2 is 1.93 bits per heavy atom. The number of rotatable bonds is 8. The number of carbonyl (C=O) groups is 1. The van der Waals surface area contributed by atoms with E-state index in [1.165, 1.54) is 23.1 Å². The molecule has 3 heterocycles. The van der Waals surface area contributed by atoms with Gasteiger partial charge in [-0.15, -0.1) is 21.5 Å². The van der Waals surface area contributed by atoms with Crippen molar-refractivity contribution in [1.82, 2.24) is 24.5 Å². The molecular formula is C20H20N6OS2. The molecule has 4 aromatic rings.